The minimum absolute atomic E-state index is 0.296. The molecular weight excluding hydrogens is 129 g/mol. The van der Waals surface area contributed by atoms with Gasteiger partial charge < -0.3 is 0 Å². The number of rotatable bonds is 2. The Morgan fingerprint density at radius 3 is 2.90 bits per heavy atom. The van der Waals surface area contributed by atoms with Gasteiger partial charge in [0.15, 0.2) is 18.4 Å². The molecule has 10 heavy (non-hydrogen) atoms. The lowest BCUT2D eigenvalue weighted by Crippen LogP contribution is -2.37. The number of hydrogen-bond acceptors (Lipinski definition) is 0. The lowest BCUT2D eigenvalue weighted by molar-refractivity contribution is -0.702. The maximum Gasteiger partial charge on any atom is 0.178 e. The zero-order valence-electron chi connectivity index (χ0n) is 6.05. The summed E-state index contributed by atoms with van der Waals surface area (Å²) in [5.41, 5.74) is 1.10. The summed E-state index contributed by atoms with van der Waals surface area (Å²) >= 11 is 0. The number of pyridine rings is 1. The van der Waals surface area contributed by atoms with Crippen molar-refractivity contribution in [2.24, 2.45) is 0 Å². The Morgan fingerprint density at radius 2 is 2.30 bits per heavy atom. The van der Waals surface area contributed by atoms with E-state index in [9.17, 15) is 4.39 Å². The van der Waals surface area contributed by atoms with Crippen LogP contribution in [0.5, 0.6) is 0 Å². The molecule has 1 aromatic rings. The van der Waals surface area contributed by atoms with Crippen LogP contribution < -0.4 is 4.57 Å². The first-order valence-corrected chi connectivity index (χ1v) is 3.35. The summed E-state index contributed by atoms with van der Waals surface area (Å²) < 4.78 is 13.7. The van der Waals surface area contributed by atoms with Gasteiger partial charge in [-0.25, -0.2) is 4.39 Å². The quantitative estimate of drug-likeness (QED) is 0.544. The van der Waals surface area contributed by atoms with Gasteiger partial charge in [0, 0.05) is 19.1 Å². The van der Waals surface area contributed by atoms with Crippen LogP contribution in [0.3, 0.4) is 0 Å². The van der Waals surface area contributed by atoms with E-state index in [2.05, 4.69) is 0 Å². The second-order valence-corrected chi connectivity index (χ2v) is 2.22. The summed E-state index contributed by atoms with van der Waals surface area (Å²) in [7, 11) is 0. The van der Waals surface area contributed by atoms with Crippen molar-refractivity contribution in [2.45, 2.75) is 13.5 Å². The van der Waals surface area contributed by atoms with Crippen LogP contribution in [0.4, 0.5) is 4.39 Å². The van der Waals surface area contributed by atoms with Gasteiger partial charge in [0.1, 0.15) is 6.67 Å². The first kappa shape index (κ1) is 7.19. The fourth-order valence-electron chi connectivity index (χ4n) is 0.904. The van der Waals surface area contributed by atoms with Gasteiger partial charge in [-0.3, -0.25) is 0 Å². The van der Waals surface area contributed by atoms with Gasteiger partial charge in [-0.05, 0) is 0 Å². The molecule has 0 aliphatic heterocycles. The van der Waals surface area contributed by atoms with E-state index in [4.69, 9.17) is 0 Å². The Bertz CT molecular complexity index is 210. The highest BCUT2D eigenvalue weighted by Gasteiger charge is 2.01. The highest BCUT2D eigenvalue weighted by Crippen LogP contribution is 1.86. The van der Waals surface area contributed by atoms with Crippen molar-refractivity contribution in [1.29, 1.82) is 0 Å². The molecule has 0 saturated carbocycles. The number of aromatic nitrogens is 1. The summed E-state index contributed by atoms with van der Waals surface area (Å²) in [4.78, 5) is 0. The number of nitrogens with zero attached hydrogens (tertiary/aromatic N) is 1. The average Bonchev–Trinajstić information content (AvgIpc) is 1.94. The predicted molar refractivity (Wildman–Crippen MR) is 37.3 cm³/mol. The van der Waals surface area contributed by atoms with E-state index in [0.717, 1.165) is 5.69 Å². The molecule has 0 aromatic carbocycles. The van der Waals surface area contributed by atoms with Crippen molar-refractivity contribution in [3.63, 3.8) is 0 Å². The third-order valence-corrected chi connectivity index (χ3v) is 1.49. The number of hydrogen-bond donors (Lipinski definition) is 0. The molecule has 0 unspecified atom stereocenters. The highest BCUT2D eigenvalue weighted by atomic mass is 19.1. The Kier molecular flexibility index (Phi) is 2.37. The summed E-state index contributed by atoms with van der Waals surface area (Å²) in [6.07, 6.45) is 1.88. The molecule has 0 atom stereocenters. The van der Waals surface area contributed by atoms with Gasteiger partial charge in [-0.2, -0.15) is 4.57 Å². The lowest BCUT2D eigenvalue weighted by atomic mass is 10.3. The maximum absolute atomic E-state index is 11.8. The van der Waals surface area contributed by atoms with Crippen LogP contribution >= 0.6 is 0 Å². The summed E-state index contributed by atoms with van der Waals surface area (Å²) in [5.74, 6) is 0. The van der Waals surface area contributed by atoms with E-state index in [1.807, 2.05) is 35.9 Å². The number of aryl methyl sites for hydroxylation is 2. The largest absolute Gasteiger partial charge is 0.244 e. The fourth-order valence-corrected chi connectivity index (χ4v) is 0.904. The van der Waals surface area contributed by atoms with Crippen LogP contribution in [-0.2, 0) is 6.54 Å². The van der Waals surface area contributed by atoms with Gasteiger partial charge in [0.2, 0.25) is 0 Å². The Hall–Kier alpha value is -0.920. The van der Waals surface area contributed by atoms with E-state index in [0.29, 0.717) is 6.54 Å². The van der Waals surface area contributed by atoms with Crippen LogP contribution in [-0.4, -0.2) is 6.67 Å². The molecule has 0 N–H and O–H groups in total. The topological polar surface area (TPSA) is 3.88 Å². The van der Waals surface area contributed by atoms with Crippen LogP contribution in [0.2, 0.25) is 0 Å². The monoisotopic (exact) mass is 140 g/mol. The predicted octanol–water partition coefficient (Wildman–Crippen LogP) is 1.25. The molecule has 1 nitrogen and oxygen atoms in total. The SMILES string of the molecule is Cc1cccc[n+]1CCF. The zero-order valence-corrected chi connectivity index (χ0v) is 6.05. The molecule has 54 valence electrons. The Labute approximate surface area is 60.1 Å². The third-order valence-electron chi connectivity index (χ3n) is 1.49. The van der Waals surface area contributed by atoms with Crippen molar-refractivity contribution in [1.82, 2.24) is 0 Å². The first-order valence-electron chi connectivity index (χ1n) is 3.35. The maximum atomic E-state index is 11.8. The second kappa shape index (κ2) is 3.30. The molecular formula is C8H11FN+. The number of alkyl halides is 1. The van der Waals surface area contributed by atoms with E-state index < -0.39 is 0 Å². The average molecular weight is 140 g/mol. The Morgan fingerprint density at radius 1 is 1.50 bits per heavy atom. The van der Waals surface area contributed by atoms with E-state index in [1.54, 1.807) is 0 Å². The van der Waals surface area contributed by atoms with Crippen molar-refractivity contribution in [2.75, 3.05) is 6.67 Å². The summed E-state index contributed by atoms with van der Waals surface area (Å²) in [6, 6.07) is 5.82. The molecule has 1 aromatic heterocycles. The van der Waals surface area contributed by atoms with Gasteiger partial charge in [0.25, 0.3) is 0 Å². The molecule has 0 spiro atoms. The smallest absolute Gasteiger partial charge is 0.178 e. The molecule has 0 amide bonds. The minimum Gasteiger partial charge on any atom is -0.244 e. The van der Waals surface area contributed by atoms with E-state index in [1.165, 1.54) is 0 Å². The first-order chi connectivity index (χ1) is 4.84. The van der Waals surface area contributed by atoms with E-state index in [-0.39, 0.29) is 6.67 Å². The van der Waals surface area contributed by atoms with Gasteiger partial charge in [-0.15, -0.1) is 0 Å². The number of halogens is 1. The third kappa shape index (κ3) is 1.53. The van der Waals surface area contributed by atoms with Gasteiger partial charge in [-0.1, -0.05) is 6.07 Å². The second-order valence-electron chi connectivity index (χ2n) is 2.22. The normalized spacial score (nSPS) is 9.80. The van der Waals surface area contributed by atoms with Crippen LogP contribution in [0.1, 0.15) is 5.69 Å². The molecule has 1 heterocycles. The summed E-state index contributed by atoms with van der Waals surface area (Å²) in [6.45, 7) is 2.14. The highest BCUT2D eigenvalue weighted by molar-refractivity contribution is 4.93. The molecule has 1 rings (SSSR count). The molecule has 0 bridgehead atoms. The summed E-state index contributed by atoms with van der Waals surface area (Å²) in [5, 5.41) is 0. The van der Waals surface area contributed by atoms with Gasteiger partial charge in [0.05, 0.1) is 0 Å². The van der Waals surface area contributed by atoms with E-state index >= 15 is 0 Å². The Balaban J connectivity index is 2.81. The lowest BCUT2D eigenvalue weighted by Gasteiger charge is -1.94. The van der Waals surface area contributed by atoms with Crippen LogP contribution in [0, 0.1) is 6.92 Å². The minimum atomic E-state index is -0.296. The molecule has 0 aliphatic carbocycles. The molecule has 0 fully saturated rings. The van der Waals surface area contributed by atoms with Crippen molar-refractivity contribution < 1.29 is 8.96 Å². The van der Waals surface area contributed by atoms with Crippen molar-refractivity contribution >= 4 is 0 Å². The fraction of sp³-hybridized carbons (Fsp3) is 0.375. The standard InChI is InChI=1S/C8H11FN/c1-8-4-2-3-6-10(8)7-5-9/h2-4,6H,5,7H2,1H3/q+1. The molecule has 0 radical (unpaired) electrons. The molecule has 0 saturated heterocycles. The van der Waals surface area contributed by atoms with Crippen LogP contribution in [0.25, 0.3) is 0 Å². The molecule has 0 aliphatic rings. The van der Waals surface area contributed by atoms with Crippen molar-refractivity contribution in [3.05, 3.63) is 30.1 Å². The van der Waals surface area contributed by atoms with Gasteiger partial charge >= 0.3 is 0 Å². The van der Waals surface area contributed by atoms with Crippen molar-refractivity contribution in [3.8, 4) is 0 Å². The zero-order chi connectivity index (χ0) is 7.40. The van der Waals surface area contributed by atoms with Crippen LogP contribution in [0.15, 0.2) is 24.4 Å². The molecule has 2 heteroatoms.